The number of carbonyl (C=O) groups is 2. The third kappa shape index (κ3) is 3.30. The minimum atomic E-state index is -0.707. The molecule has 0 aliphatic rings. The van der Waals surface area contributed by atoms with Crippen molar-refractivity contribution in [2.24, 2.45) is 0 Å². The maximum Gasteiger partial charge on any atom is 0.298 e. The summed E-state index contributed by atoms with van der Waals surface area (Å²) >= 11 is 6.12. The number of benzene rings is 2. The molecule has 0 bridgehead atoms. The monoisotopic (exact) mass is 388 g/mol. The zero-order valence-corrected chi connectivity index (χ0v) is 15.9. The van der Waals surface area contributed by atoms with Crippen LogP contribution in [-0.2, 0) is 4.79 Å². The number of nitrogens with one attached hydrogen (secondary N) is 1. The summed E-state index contributed by atoms with van der Waals surface area (Å²) in [6, 6.07) is 22.3. The van der Waals surface area contributed by atoms with Gasteiger partial charge in [0.2, 0.25) is 0 Å². The molecule has 0 atom stereocenters. The maximum atomic E-state index is 13.1. The molecule has 2 aromatic carbocycles. The van der Waals surface area contributed by atoms with Crippen LogP contribution < -0.4 is 5.32 Å². The second-order valence-corrected chi connectivity index (χ2v) is 6.92. The molecule has 0 saturated heterocycles. The second-order valence-electron chi connectivity index (χ2n) is 6.52. The van der Waals surface area contributed by atoms with Gasteiger partial charge in [0.25, 0.3) is 11.7 Å². The average molecular weight is 389 g/mol. The van der Waals surface area contributed by atoms with E-state index in [0.717, 1.165) is 16.6 Å². The molecule has 28 heavy (non-hydrogen) atoms. The van der Waals surface area contributed by atoms with Crippen LogP contribution in [0, 0.1) is 6.92 Å². The Bertz CT molecular complexity index is 1200. The van der Waals surface area contributed by atoms with Crippen molar-refractivity contribution >= 4 is 34.5 Å². The molecule has 0 radical (unpaired) electrons. The van der Waals surface area contributed by atoms with Crippen LogP contribution >= 0.6 is 11.6 Å². The number of hydrogen-bond donors (Lipinski definition) is 1. The van der Waals surface area contributed by atoms with Crippen LogP contribution in [0.2, 0.25) is 5.02 Å². The van der Waals surface area contributed by atoms with E-state index < -0.39 is 11.7 Å². The first kappa shape index (κ1) is 18.0. The molecule has 0 spiro atoms. The number of nitrogens with zero attached hydrogens (tertiary/aromatic N) is 1. The van der Waals surface area contributed by atoms with Gasteiger partial charge in [0.05, 0.1) is 0 Å². The first-order chi connectivity index (χ1) is 13.5. The van der Waals surface area contributed by atoms with Crippen molar-refractivity contribution in [2.75, 3.05) is 5.32 Å². The Balaban J connectivity index is 1.76. The highest BCUT2D eigenvalue weighted by atomic mass is 35.5. The number of carbonyl (C=O) groups excluding carboxylic acids is 2. The fourth-order valence-electron chi connectivity index (χ4n) is 3.16. The standard InChI is InChI=1S/C23H17ClN2O2/c1-15-10-11-17(13-20(15)24)25-23(28)22(27)21-19(16-7-3-2-4-8-16)14-18-9-5-6-12-26(18)21/h2-14H,1H3,(H,25,28). The summed E-state index contributed by atoms with van der Waals surface area (Å²) in [5, 5.41) is 3.19. The molecule has 4 nitrogen and oxygen atoms in total. The molecule has 0 aliphatic heterocycles. The van der Waals surface area contributed by atoms with E-state index in [0.29, 0.717) is 22.0 Å². The molecule has 4 aromatic rings. The van der Waals surface area contributed by atoms with E-state index in [1.54, 1.807) is 28.8 Å². The van der Waals surface area contributed by atoms with Crippen LogP contribution in [0.3, 0.4) is 0 Å². The van der Waals surface area contributed by atoms with Gasteiger partial charge in [0.15, 0.2) is 0 Å². The topological polar surface area (TPSA) is 50.6 Å². The van der Waals surface area contributed by atoms with Crippen molar-refractivity contribution < 1.29 is 9.59 Å². The van der Waals surface area contributed by atoms with Gasteiger partial charge in [-0.2, -0.15) is 0 Å². The summed E-state index contributed by atoms with van der Waals surface area (Å²) in [6.07, 6.45) is 1.78. The SMILES string of the molecule is Cc1ccc(NC(=O)C(=O)c2c(-c3ccccc3)cc3ccccn23)cc1Cl. The van der Waals surface area contributed by atoms with Crippen LogP contribution in [0.5, 0.6) is 0 Å². The molecule has 4 rings (SSSR count). The number of hydrogen-bond acceptors (Lipinski definition) is 2. The molecule has 0 aliphatic carbocycles. The van der Waals surface area contributed by atoms with Crippen LogP contribution in [0.1, 0.15) is 16.1 Å². The number of aromatic nitrogens is 1. The molecule has 0 saturated carbocycles. The zero-order valence-electron chi connectivity index (χ0n) is 15.1. The third-order valence-electron chi connectivity index (χ3n) is 4.62. The summed E-state index contributed by atoms with van der Waals surface area (Å²) in [6.45, 7) is 1.87. The number of rotatable bonds is 4. The zero-order chi connectivity index (χ0) is 19.7. The quantitative estimate of drug-likeness (QED) is 0.376. The van der Waals surface area contributed by atoms with Gasteiger partial charge >= 0.3 is 0 Å². The molecule has 1 N–H and O–H groups in total. The number of amides is 1. The molecule has 1 amide bonds. The molecule has 0 fully saturated rings. The summed E-state index contributed by atoms with van der Waals surface area (Å²) in [7, 11) is 0. The Hall–Kier alpha value is -3.37. The largest absolute Gasteiger partial charge is 0.319 e. The fourth-order valence-corrected chi connectivity index (χ4v) is 3.34. The summed E-state index contributed by atoms with van der Waals surface area (Å²) < 4.78 is 1.74. The minimum absolute atomic E-state index is 0.331. The van der Waals surface area contributed by atoms with Gasteiger partial charge < -0.3 is 9.72 Å². The number of pyridine rings is 1. The third-order valence-corrected chi connectivity index (χ3v) is 5.02. The number of Topliss-reactive ketones (excluding diaryl/α,β-unsaturated/α-hetero) is 1. The summed E-state index contributed by atoms with van der Waals surface area (Å²) in [4.78, 5) is 25.8. The highest BCUT2D eigenvalue weighted by Crippen LogP contribution is 2.28. The molecule has 138 valence electrons. The molecular formula is C23H17ClN2O2. The van der Waals surface area contributed by atoms with Gasteiger partial charge in [-0.15, -0.1) is 0 Å². The number of anilines is 1. The van der Waals surface area contributed by atoms with Crippen molar-refractivity contribution in [1.29, 1.82) is 0 Å². The van der Waals surface area contributed by atoms with Crippen molar-refractivity contribution in [3.05, 3.63) is 95.3 Å². The number of aryl methyl sites for hydroxylation is 1. The second kappa shape index (κ2) is 7.33. The lowest BCUT2D eigenvalue weighted by molar-refractivity contribution is -0.112. The molecular weight excluding hydrogens is 372 g/mol. The van der Waals surface area contributed by atoms with Crippen LogP contribution in [0.25, 0.3) is 16.6 Å². The van der Waals surface area contributed by atoms with Crippen molar-refractivity contribution in [1.82, 2.24) is 4.40 Å². The highest BCUT2D eigenvalue weighted by molar-refractivity contribution is 6.47. The van der Waals surface area contributed by atoms with E-state index in [2.05, 4.69) is 5.32 Å². The number of fused-ring (bicyclic) bond motifs is 1. The van der Waals surface area contributed by atoms with Crippen LogP contribution in [-0.4, -0.2) is 16.1 Å². The lowest BCUT2D eigenvalue weighted by Gasteiger charge is -2.08. The van der Waals surface area contributed by atoms with Gasteiger partial charge in [0.1, 0.15) is 5.69 Å². The molecule has 5 heteroatoms. The van der Waals surface area contributed by atoms with E-state index in [1.165, 1.54) is 0 Å². The normalized spacial score (nSPS) is 10.8. The minimum Gasteiger partial charge on any atom is -0.319 e. The van der Waals surface area contributed by atoms with Crippen molar-refractivity contribution in [3.8, 4) is 11.1 Å². The van der Waals surface area contributed by atoms with Crippen molar-refractivity contribution in [3.63, 3.8) is 0 Å². The van der Waals surface area contributed by atoms with Crippen LogP contribution in [0.15, 0.2) is 79.0 Å². The van der Waals surface area contributed by atoms with Gasteiger partial charge in [-0.3, -0.25) is 9.59 Å². The van der Waals surface area contributed by atoms with E-state index in [-0.39, 0.29) is 0 Å². The Morgan fingerprint density at radius 1 is 0.929 bits per heavy atom. The number of ketones is 1. The molecule has 0 unspecified atom stereocenters. The predicted octanol–water partition coefficient (Wildman–Crippen LogP) is 5.39. The number of halogens is 1. The molecule has 2 heterocycles. The van der Waals surface area contributed by atoms with Gasteiger partial charge in [0, 0.05) is 28.0 Å². The Labute approximate surface area is 167 Å². The van der Waals surface area contributed by atoms with E-state index in [4.69, 9.17) is 11.6 Å². The lowest BCUT2D eigenvalue weighted by atomic mass is 10.0. The van der Waals surface area contributed by atoms with Crippen molar-refractivity contribution in [2.45, 2.75) is 6.92 Å². The van der Waals surface area contributed by atoms with Gasteiger partial charge in [-0.1, -0.05) is 54.1 Å². The average Bonchev–Trinajstić information content (AvgIpc) is 3.10. The highest BCUT2D eigenvalue weighted by Gasteiger charge is 2.24. The Kier molecular flexibility index (Phi) is 4.72. The fraction of sp³-hybridized carbons (Fsp3) is 0.0435. The lowest BCUT2D eigenvalue weighted by Crippen LogP contribution is -2.24. The van der Waals surface area contributed by atoms with Crippen LogP contribution in [0.4, 0.5) is 5.69 Å². The smallest absolute Gasteiger partial charge is 0.298 e. The van der Waals surface area contributed by atoms with E-state index in [9.17, 15) is 9.59 Å². The Morgan fingerprint density at radius 3 is 2.43 bits per heavy atom. The Morgan fingerprint density at radius 2 is 1.68 bits per heavy atom. The van der Waals surface area contributed by atoms with E-state index >= 15 is 0 Å². The summed E-state index contributed by atoms with van der Waals surface area (Å²) in [5.41, 5.74) is 4.15. The predicted molar refractivity (Wildman–Crippen MR) is 112 cm³/mol. The maximum absolute atomic E-state index is 13.1. The first-order valence-corrected chi connectivity index (χ1v) is 9.20. The van der Waals surface area contributed by atoms with Gasteiger partial charge in [-0.05, 0) is 48.4 Å². The van der Waals surface area contributed by atoms with E-state index in [1.807, 2.05) is 61.5 Å². The molecule has 2 aromatic heterocycles. The first-order valence-electron chi connectivity index (χ1n) is 8.82. The van der Waals surface area contributed by atoms with Gasteiger partial charge in [-0.25, -0.2) is 0 Å². The summed E-state index contributed by atoms with van der Waals surface area (Å²) in [5.74, 6) is -1.32.